The zero-order valence-electron chi connectivity index (χ0n) is 6.55. The maximum absolute atomic E-state index is 6.99. The van der Waals surface area contributed by atoms with Crippen molar-refractivity contribution in [1.29, 1.82) is 5.41 Å². The monoisotopic (exact) mass is 154 g/mol. The Morgan fingerprint density at radius 3 is 2.64 bits per heavy atom. The van der Waals surface area contributed by atoms with Crippen molar-refractivity contribution in [2.75, 3.05) is 0 Å². The fraction of sp³-hybridized carbons (Fsp3) is 0.875. The van der Waals surface area contributed by atoms with E-state index in [-0.39, 0.29) is 12.1 Å². The average molecular weight is 154 g/mol. The molecule has 0 aliphatic heterocycles. The molecular weight excluding hydrogens is 140 g/mol. The number of hydrogen-bond acceptors (Lipinski definition) is 2. The highest BCUT2D eigenvalue weighted by molar-refractivity contribution is 5.67. The first-order valence-electron chi connectivity index (χ1n) is 4.26. The zero-order chi connectivity index (χ0) is 7.84. The molecule has 2 aliphatic rings. The summed E-state index contributed by atoms with van der Waals surface area (Å²) in [7, 11) is 0. The molecule has 2 rings (SSSR count). The Morgan fingerprint density at radius 1 is 1.36 bits per heavy atom. The van der Waals surface area contributed by atoms with Crippen LogP contribution in [0, 0.1) is 17.2 Å². The molecule has 0 heterocycles. The molecule has 11 heavy (non-hydrogen) atoms. The van der Waals surface area contributed by atoms with E-state index >= 15 is 0 Å². The van der Waals surface area contributed by atoms with Gasteiger partial charge in [0.25, 0.3) is 6.02 Å². The maximum Gasteiger partial charge on any atom is 0.279 e. The lowest BCUT2D eigenvalue weighted by molar-refractivity contribution is 0.122. The van der Waals surface area contributed by atoms with E-state index < -0.39 is 0 Å². The molecule has 0 aromatic heterocycles. The molecule has 0 amide bonds. The summed E-state index contributed by atoms with van der Waals surface area (Å²) in [5.41, 5.74) is 5.17. The molecule has 3 heteroatoms. The topological polar surface area (TPSA) is 59.1 Å². The van der Waals surface area contributed by atoms with Crippen LogP contribution in [-0.4, -0.2) is 12.1 Å². The van der Waals surface area contributed by atoms with Crippen LogP contribution in [0.25, 0.3) is 0 Å². The van der Waals surface area contributed by atoms with E-state index in [0.717, 1.165) is 12.3 Å². The average Bonchev–Trinajstić information content (AvgIpc) is 2.45. The van der Waals surface area contributed by atoms with Crippen molar-refractivity contribution >= 4 is 6.02 Å². The van der Waals surface area contributed by atoms with Gasteiger partial charge in [0.2, 0.25) is 0 Å². The van der Waals surface area contributed by atoms with E-state index in [4.69, 9.17) is 15.9 Å². The molecule has 3 atom stereocenters. The Hall–Kier alpha value is -0.730. The fourth-order valence-electron chi connectivity index (χ4n) is 2.49. The van der Waals surface area contributed by atoms with Crippen molar-refractivity contribution in [3.63, 3.8) is 0 Å². The van der Waals surface area contributed by atoms with Crippen molar-refractivity contribution in [2.24, 2.45) is 17.6 Å². The molecular formula is C8H14N2O. The number of hydrogen-bond donors (Lipinski definition) is 2. The lowest BCUT2D eigenvalue weighted by Gasteiger charge is -2.21. The number of ether oxygens (including phenoxy) is 1. The predicted octanol–water partition coefficient (Wildman–Crippen LogP) is 1.09. The standard InChI is InChI=1S/C8H14N2O/c9-8(10)11-7-4-5-1-2-6(7)3-5/h5-7H,1-4H2,(H3,9,10)/t5-,6+,7+/m1/s1. The molecule has 3 N–H and O–H groups in total. The highest BCUT2D eigenvalue weighted by Crippen LogP contribution is 2.45. The molecule has 62 valence electrons. The minimum Gasteiger partial charge on any atom is -0.462 e. The van der Waals surface area contributed by atoms with Gasteiger partial charge in [0.05, 0.1) is 0 Å². The first kappa shape index (κ1) is 6.95. The van der Waals surface area contributed by atoms with E-state index in [9.17, 15) is 0 Å². The van der Waals surface area contributed by atoms with Gasteiger partial charge in [-0.3, -0.25) is 5.41 Å². The van der Waals surface area contributed by atoms with Crippen molar-refractivity contribution in [2.45, 2.75) is 31.8 Å². The third-order valence-electron chi connectivity index (χ3n) is 2.95. The van der Waals surface area contributed by atoms with Crippen molar-refractivity contribution in [3.05, 3.63) is 0 Å². The zero-order valence-corrected chi connectivity index (χ0v) is 6.55. The van der Waals surface area contributed by atoms with Gasteiger partial charge >= 0.3 is 0 Å². The molecule has 0 aromatic carbocycles. The van der Waals surface area contributed by atoms with Crippen LogP contribution in [-0.2, 0) is 4.74 Å². The van der Waals surface area contributed by atoms with Gasteiger partial charge in [-0.15, -0.1) is 0 Å². The summed E-state index contributed by atoms with van der Waals surface area (Å²) in [5, 5.41) is 6.99. The molecule has 0 aromatic rings. The summed E-state index contributed by atoms with van der Waals surface area (Å²) >= 11 is 0. The normalized spacial score (nSPS) is 40.9. The molecule has 2 bridgehead atoms. The van der Waals surface area contributed by atoms with Crippen LogP contribution in [0.3, 0.4) is 0 Å². The summed E-state index contributed by atoms with van der Waals surface area (Å²) in [4.78, 5) is 0. The molecule has 2 aliphatic carbocycles. The van der Waals surface area contributed by atoms with Gasteiger partial charge in [-0.05, 0) is 37.5 Å². The molecule has 0 saturated heterocycles. The molecule has 3 nitrogen and oxygen atoms in total. The first-order chi connectivity index (χ1) is 5.25. The second-order valence-electron chi connectivity index (χ2n) is 3.70. The summed E-state index contributed by atoms with van der Waals surface area (Å²) in [6.07, 6.45) is 5.35. The number of fused-ring (bicyclic) bond motifs is 2. The van der Waals surface area contributed by atoms with E-state index in [2.05, 4.69) is 0 Å². The third-order valence-corrected chi connectivity index (χ3v) is 2.95. The largest absolute Gasteiger partial charge is 0.462 e. The maximum atomic E-state index is 6.99. The predicted molar refractivity (Wildman–Crippen MR) is 42.2 cm³/mol. The van der Waals surface area contributed by atoms with Crippen molar-refractivity contribution < 1.29 is 4.74 Å². The number of nitrogens with two attached hydrogens (primary N) is 1. The van der Waals surface area contributed by atoms with Crippen LogP contribution in [0.4, 0.5) is 0 Å². The Bertz CT molecular complexity index is 181. The van der Waals surface area contributed by atoms with Gasteiger partial charge in [-0.2, -0.15) is 0 Å². The van der Waals surface area contributed by atoms with E-state index in [1.54, 1.807) is 0 Å². The summed E-state index contributed by atoms with van der Waals surface area (Å²) in [5.74, 6) is 1.56. The van der Waals surface area contributed by atoms with Crippen LogP contribution in [0.1, 0.15) is 25.7 Å². The Labute approximate surface area is 66.4 Å². The van der Waals surface area contributed by atoms with Gasteiger partial charge in [-0.1, -0.05) is 0 Å². The Morgan fingerprint density at radius 2 is 2.18 bits per heavy atom. The lowest BCUT2D eigenvalue weighted by atomic mass is 9.98. The number of nitrogens with one attached hydrogen (secondary N) is 1. The molecule has 2 fully saturated rings. The minimum absolute atomic E-state index is 0.109. The summed E-state index contributed by atoms with van der Waals surface area (Å²) in [6, 6.07) is -0.109. The van der Waals surface area contributed by atoms with E-state index in [1.807, 2.05) is 0 Å². The minimum atomic E-state index is -0.109. The van der Waals surface area contributed by atoms with Gasteiger partial charge in [0, 0.05) is 0 Å². The highest BCUT2D eigenvalue weighted by atomic mass is 16.5. The van der Waals surface area contributed by atoms with Crippen LogP contribution >= 0.6 is 0 Å². The SMILES string of the molecule is N=C(N)O[C@H]1C[C@@H]2CC[C@H]1C2. The fourth-order valence-corrected chi connectivity index (χ4v) is 2.49. The Kier molecular flexibility index (Phi) is 1.51. The van der Waals surface area contributed by atoms with Gasteiger partial charge < -0.3 is 10.5 Å². The quantitative estimate of drug-likeness (QED) is 0.438. The summed E-state index contributed by atoms with van der Waals surface area (Å²) < 4.78 is 5.21. The van der Waals surface area contributed by atoms with Crippen LogP contribution in [0.15, 0.2) is 0 Å². The Balaban J connectivity index is 1.92. The third kappa shape index (κ3) is 1.19. The van der Waals surface area contributed by atoms with Crippen molar-refractivity contribution in [1.82, 2.24) is 0 Å². The van der Waals surface area contributed by atoms with E-state index in [1.165, 1.54) is 19.3 Å². The second kappa shape index (κ2) is 2.40. The molecule has 0 unspecified atom stereocenters. The number of amidine groups is 1. The highest BCUT2D eigenvalue weighted by Gasteiger charge is 2.41. The van der Waals surface area contributed by atoms with Crippen LogP contribution < -0.4 is 5.73 Å². The van der Waals surface area contributed by atoms with Crippen LogP contribution in [0.2, 0.25) is 0 Å². The summed E-state index contributed by atoms with van der Waals surface area (Å²) in [6.45, 7) is 0. The van der Waals surface area contributed by atoms with Gasteiger partial charge in [0.1, 0.15) is 6.10 Å². The molecule has 0 spiro atoms. The lowest BCUT2D eigenvalue weighted by Crippen LogP contribution is -2.27. The number of rotatable bonds is 1. The van der Waals surface area contributed by atoms with E-state index in [0.29, 0.717) is 5.92 Å². The van der Waals surface area contributed by atoms with Gasteiger partial charge in [-0.25, -0.2) is 0 Å². The second-order valence-corrected chi connectivity index (χ2v) is 3.70. The van der Waals surface area contributed by atoms with Crippen molar-refractivity contribution in [3.8, 4) is 0 Å². The smallest absolute Gasteiger partial charge is 0.279 e. The first-order valence-corrected chi connectivity index (χ1v) is 4.26. The molecule has 2 saturated carbocycles. The van der Waals surface area contributed by atoms with Crippen LogP contribution in [0.5, 0.6) is 0 Å². The van der Waals surface area contributed by atoms with Gasteiger partial charge in [0.15, 0.2) is 0 Å². The molecule has 0 radical (unpaired) electrons.